The fourth-order valence-corrected chi connectivity index (χ4v) is 5.27. The van der Waals surface area contributed by atoms with Crippen LogP contribution in [-0.4, -0.2) is 63.7 Å². The van der Waals surface area contributed by atoms with Gasteiger partial charge in [0.2, 0.25) is 10.0 Å². The van der Waals surface area contributed by atoms with Crippen LogP contribution in [0.5, 0.6) is 0 Å². The van der Waals surface area contributed by atoms with Crippen molar-refractivity contribution < 1.29 is 18.3 Å². The Hall–Kier alpha value is -2.23. The summed E-state index contributed by atoms with van der Waals surface area (Å²) in [6, 6.07) is 9.15. The zero-order valence-corrected chi connectivity index (χ0v) is 15.1. The summed E-state index contributed by atoms with van der Waals surface area (Å²) in [4.78, 5) is 14.2. The molecule has 3 atom stereocenters. The van der Waals surface area contributed by atoms with Gasteiger partial charge in [-0.3, -0.25) is 9.48 Å². The fraction of sp³-hybridized carbons (Fsp3) is 0.412. The van der Waals surface area contributed by atoms with Gasteiger partial charge in [-0.2, -0.15) is 9.40 Å². The number of aryl methyl sites for hydroxylation is 1. The van der Waals surface area contributed by atoms with E-state index in [1.807, 2.05) is 30.3 Å². The van der Waals surface area contributed by atoms with Crippen LogP contribution in [0.4, 0.5) is 0 Å². The minimum absolute atomic E-state index is 0.121. The van der Waals surface area contributed by atoms with Crippen molar-refractivity contribution in [3.8, 4) is 0 Å². The molecule has 2 aliphatic heterocycles. The summed E-state index contributed by atoms with van der Waals surface area (Å²) in [6.45, 7) is 0.663. The van der Waals surface area contributed by atoms with Gasteiger partial charge in [0, 0.05) is 38.8 Å². The van der Waals surface area contributed by atoms with E-state index >= 15 is 0 Å². The predicted octanol–water partition coefficient (Wildman–Crippen LogP) is -0.188. The third-order valence-electron chi connectivity index (χ3n) is 5.16. The van der Waals surface area contributed by atoms with Crippen molar-refractivity contribution >= 4 is 15.9 Å². The van der Waals surface area contributed by atoms with E-state index in [4.69, 9.17) is 0 Å². The van der Waals surface area contributed by atoms with Crippen LogP contribution in [0.3, 0.4) is 0 Å². The molecule has 0 unspecified atom stereocenters. The number of likely N-dealkylation sites (tertiary alicyclic amines) is 1. The number of benzene rings is 1. The Bertz CT molecular complexity index is 927. The highest BCUT2D eigenvalue weighted by atomic mass is 32.2. The Labute approximate surface area is 151 Å². The molecule has 3 heterocycles. The van der Waals surface area contributed by atoms with E-state index in [0.29, 0.717) is 6.54 Å². The van der Waals surface area contributed by atoms with Gasteiger partial charge in [-0.25, -0.2) is 8.42 Å². The van der Waals surface area contributed by atoms with Gasteiger partial charge in [-0.15, -0.1) is 0 Å². The second-order valence-corrected chi connectivity index (χ2v) is 8.74. The summed E-state index contributed by atoms with van der Waals surface area (Å²) >= 11 is 0. The van der Waals surface area contributed by atoms with Crippen LogP contribution in [0.15, 0.2) is 47.6 Å². The SMILES string of the molecule is Cn1cc(S(=O)(=O)N2C[C@@H]3[C@H](O)C(=O)N(Cc4ccccc4)[C@@H]3C2)cn1. The van der Waals surface area contributed by atoms with E-state index < -0.39 is 22.0 Å². The van der Waals surface area contributed by atoms with E-state index in [9.17, 15) is 18.3 Å². The highest BCUT2D eigenvalue weighted by molar-refractivity contribution is 7.89. The van der Waals surface area contributed by atoms with Crippen molar-refractivity contribution in [2.45, 2.75) is 23.6 Å². The Balaban J connectivity index is 1.58. The summed E-state index contributed by atoms with van der Waals surface area (Å²) in [5.41, 5.74) is 0.947. The number of rotatable bonds is 4. The molecule has 1 aromatic heterocycles. The molecule has 0 aliphatic carbocycles. The lowest BCUT2D eigenvalue weighted by Crippen LogP contribution is -2.40. The molecule has 1 amide bonds. The topological polar surface area (TPSA) is 95.7 Å². The zero-order valence-electron chi connectivity index (χ0n) is 14.3. The average Bonchev–Trinajstić information content (AvgIpc) is 3.30. The summed E-state index contributed by atoms with van der Waals surface area (Å²) < 4.78 is 28.4. The molecule has 2 saturated heterocycles. The number of amides is 1. The number of aliphatic hydroxyl groups is 1. The monoisotopic (exact) mass is 376 g/mol. The number of aliphatic hydroxyl groups excluding tert-OH is 1. The third-order valence-corrected chi connectivity index (χ3v) is 6.94. The molecule has 0 saturated carbocycles. The highest BCUT2D eigenvalue weighted by Crippen LogP contribution is 2.36. The van der Waals surface area contributed by atoms with Crippen LogP contribution in [0, 0.1) is 5.92 Å². The number of carbonyl (C=O) groups excluding carboxylic acids is 1. The van der Waals surface area contributed by atoms with Crippen LogP contribution in [0.25, 0.3) is 0 Å². The number of hydrogen-bond acceptors (Lipinski definition) is 5. The lowest BCUT2D eigenvalue weighted by atomic mass is 10.0. The predicted molar refractivity (Wildman–Crippen MR) is 92.2 cm³/mol. The molecule has 0 bridgehead atoms. The molecule has 0 radical (unpaired) electrons. The van der Waals surface area contributed by atoms with Crippen LogP contribution < -0.4 is 0 Å². The standard InChI is InChI=1S/C17H20N4O4S/c1-19-9-13(7-18-19)26(24,25)20-10-14-15(11-20)21(17(23)16(14)22)8-12-5-3-2-4-6-12/h2-7,9,14-16,22H,8,10-11H2,1H3/t14-,15+,16-/m0/s1. The molecular weight excluding hydrogens is 356 g/mol. The van der Waals surface area contributed by atoms with E-state index in [-0.39, 0.29) is 29.9 Å². The van der Waals surface area contributed by atoms with Crippen molar-refractivity contribution in [2.75, 3.05) is 13.1 Å². The van der Waals surface area contributed by atoms with Gasteiger partial charge >= 0.3 is 0 Å². The molecule has 0 spiro atoms. The Morgan fingerprint density at radius 1 is 1.23 bits per heavy atom. The molecule has 26 heavy (non-hydrogen) atoms. The van der Waals surface area contributed by atoms with E-state index in [1.54, 1.807) is 11.9 Å². The minimum atomic E-state index is -3.70. The van der Waals surface area contributed by atoms with Crippen molar-refractivity contribution in [2.24, 2.45) is 13.0 Å². The van der Waals surface area contributed by atoms with Crippen LogP contribution in [-0.2, 0) is 28.4 Å². The Kier molecular flexibility index (Phi) is 4.09. The summed E-state index contributed by atoms with van der Waals surface area (Å²) in [5, 5.41) is 14.3. The number of aromatic nitrogens is 2. The number of carbonyl (C=O) groups is 1. The number of fused-ring (bicyclic) bond motifs is 1. The van der Waals surface area contributed by atoms with Crippen LogP contribution >= 0.6 is 0 Å². The summed E-state index contributed by atoms with van der Waals surface area (Å²) in [5.74, 6) is -0.750. The van der Waals surface area contributed by atoms with Gasteiger partial charge < -0.3 is 10.0 Å². The zero-order chi connectivity index (χ0) is 18.5. The first-order chi connectivity index (χ1) is 12.4. The molecule has 4 rings (SSSR count). The smallest absolute Gasteiger partial charge is 0.252 e. The number of nitrogens with zero attached hydrogens (tertiary/aromatic N) is 4. The van der Waals surface area contributed by atoms with E-state index in [1.165, 1.54) is 21.4 Å². The third kappa shape index (κ3) is 2.72. The maximum atomic E-state index is 12.8. The van der Waals surface area contributed by atoms with Gasteiger partial charge in [0.25, 0.3) is 5.91 Å². The molecule has 2 aromatic rings. The first-order valence-electron chi connectivity index (χ1n) is 8.39. The van der Waals surface area contributed by atoms with Gasteiger partial charge in [0.15, 0.2) is 0 Å². The minimum Gasteiger partial charge on any atom is -0.383 e. The molecular formula is C17H20N4O4S. The van der Waals surface area contributed by atoms with Crippen molar-refractivity contribution in [1.82, 2.24) is 19.0 Å². The van der Waals surface area contributed by atoms with E-state index in [0.717, 1.165) is 5.56 Å². The van der Waals surface area contributed by atoms with E-state index in [2.05, 4.69) is 5.10 Å². The molecule has 1 N–H and O–H groups in total. The molecule has 2 fully saturated rings. The highest BCUT2D eigenvalue weighted by Gasteiger charge is 2.54. The normalized spacial score (nSPS) is 26.5. The quantitative estimate of drug-likeness (QED) is 0.798. The maximum Gasteiger partial charge on any atom is 0.252 e. The molecule has 2 aliphatic rings. The number of sulfonamides is 1. The van der Waals surface area contributed by atoms with Crippen molar-refractivity contribution in [3.05, 3.63) is 48.3 Å². The first kappa shape index (κ1) is 17.2. The molecule has 138 valence electrons. The van der Waals surface area contributed by atoms with Crippen LogP contribution in [0.1, 0.15) is 5.56 Å². The number of hydrogen-bond donors (Lipinski definition) is 1. The maximum absolute atomic E-state index is 12.8. The first-order valence-corrected chi connectivity index (χ1v) is 9.83. The van der Waals surface area contributed by atoms with Gasteiger partial charge in [0.1, 0.15) is 11.0 Å². The lowest BCUT2D eigenvalue weighted by Gasteiger charge is -2.24. The molecule has 8 nitrogen and oxygen atoms in total. The van der Waals surface area contributed by atoms with Gasteiger partial charge in [-0.05, 0) is 5.56 Å². The fourth-order valence-electron chi connectivity index (χ4n) is 3.78. The average molecular weight is 376 g/mol. The van der Waals surface area contributed by atoms with Crippen molar-refractivity contribution in [1.29, 1.82) is 0 Å². The Morgan fingerprint density at radius 3 is 2.62 bits per heavy atom. The summed E-state index contributed by atoms with van der Waals surface area (Å²) in [6.07, 6.45) is 1.59. The summed E-state index contributed by atoms with van der Waals surface area (Å²) in [7, 11) is -2.04. The second kappa shape index (κ2) is 6.19. The van der Waals surface area contributed by atoms with Crippen LogP contribution in [0.2, 0.25) is 0 Å². The van der Waals surface area contributed by atoms with Gasteiger partial charge in [-0.1, -0.05) is 30.3 Å². The van der Waals surface area contributed by atoms with Crippen molar-refractivity contribution in [3.63, 3.8) is 0 Å². The van der Waals surface area contributed by atoms with Gasteiger partial charge in [0.05, 0.1) is 12.2 Å². The molecule has 1 aromatic carbocycles. The largest absolute Gasteiger partial charge is 0.383 e. The molecule has 9 heteroatoms. The Morgan fingerprint density at radius 2 is 1.96 bits per heavy atom. The second-order valence-electron chi connectivity index (χ2n) is 6.80. The lowest BCUT2D eigenvalue weighted by molar-refractivity contribution is -0.136.